The summed E-state index contributed by atoms with van der Waals surface area (Å²) in [5, 5.41) is 2.47. The Balaban J connectivity index is 3.20. The van der Waals surface area contributed by atoms with Gasteiger partial charge < -0.3 is 9.87 Å². The van der Waals surface area contributed by atoms with Gasteiger partial charge in [0.15, 0.2) is 11.1 Å². The molecule has 0 aromatic carbocycles. The summed E-state index contributed by atoms with van der Waals surface area (Å²) in [5.41, 5.74) is 0. The van der Waals surface area contributed by atoms with E-state index in [9.17, 15) is 9.00 Å². The third-order valence-corrected chi connectivity index (χ3v) is 1.47. The van der Waals surface area contributed by atoms with E-state index < -0.39 is 11.1 Å². The molecule has 0 heterocycles. The van der Waals surface area contributed by atoms with E-state index in [-0.39, 0.29) is 18.2 Å². The smallest absolute Gasteiger partial charge is 0.219 e. The lowest BCUT2D eigenvalue weighted by atomic mass is 10.4. The molecule has 1 unspecified atom stereocenters. The number of carbonyl (C=O) groups is 1. The average molecular weight is 165 g/mol. The summed E-state index contributed by atoms with van der Waals surface area (Å²) >= 11 is -1.80. The van der Waals surface area contributed by atoms with Crippen molar-refractivity contribution in [2.24, 2.45) is 0 Å². The second-order valence-corrected chi connectivity index (χ2v) is 2.78. The quantitative estimate of drug-likeness (QED) is 0.564. The molecule has 4 nitrogen and oxygen atoms in total. The van der Waals surface area contributed by atoms with E-state index in [1.54, 1.807) is 6.92 Å². The summed E-state index contributed by atoms with van der Waals surface area (Å²) in [6.07, 6.45) is 0.415. The van der Waals surface area contributed by atoms with Crippen LogP contribution in [0.15, 0.2) is 0 Å². The molecule has 0 saturated carbocycles. The van der Waals surface area contributed by atoms with E-state index >= 15 is 0 Å². The first-order chi connectivity index (χ1) is 4.66. The third-order valence-electron chi connectivity index (χ3n) is 0.920. The maximum Gasteiger partial charge on any atom is 0.219 e. The molecule has 0 aromatic heterocycles. The minimum Gasteiger partial charge on any atom is -0.355 e. The van der Waals surface area contributed by atoms with Gasteiger partial charge in [-0.2, -0.15) is 0 Å². The summed E-state index contributed by atoms with van der Waals surface area (Å²) in [7, 11) is 0. The standard InChI is InChI=1S/C5H11NO3S/c1-2-5(7)6-3-4-10(8)9/h2-4H2,1H3,(H,6,7)(H,8,9). The number of hydrogen-bond acceptors (Lipinski definition) is 2. The van der Waals surface area contributed by atoms with Gasteiger partial charge in [-0.3, -0.25) is 4.79 Å². The molecular formula is C5H11NO3S. The summed E-state index contributed by atoms with van der Waals surface area (Å²) in [5.74, 6) is 0.0107. The fourth-order valence-electron chi connectivity index (χ4n) is 0.403. The largest absolute Gasteiger partial charge is 0.355 e. The molecule has 0 aliphatic rings. The normalized spacial score (nSPS) is 12.6. The van der Waals surface area contributed by atoms with Crippen LogP contribution >= 0.6 is 0 Å². The van der Waals surface area contributed by atoms with E-state index in [0.29, 0.717) is 6.42 Å². The zero-order chi connectivity index (χ0) is 7.98. The topological polar surface area (TPSA) is 66.4 Å². The van der Waals surface area contributed by atoms with Crippen LogP contribution in [0.4, 0.5) is 0 Å². The molecule has 0 spiro atoms. The van der Waals surface area contributed by atoms with Gasteiger partial charge in [0.2, 0.25) is 5.91 Å². The fraction of sp³-hybridized carbons (Fsp3) is 0.800. The highest BCUT2D eigenvalue weighted by Crippen LogP contribution is 1.75. The van der Waals surface area contributed by atoms with Gasteiger partial charge in [0.1, 0.15) is 0 Å². The van der Waals surface area contributed by atoms with Gasteiger partial charge in [0.05, 0.1) is 5.75 Å². The second kappa shape index (κ2) is 5.37. The highest BCUT2D eigenvalue weighted by Gasteiger charge is 1.96. The molecule has 2 N–H and O–H groups in total. The van der Waals surface area contributed by atoms with Gasteiger partial charge in [-0.25, -0.2) is 4.21 Å². The lowest BCUT2D eigenvalue weighted by Gasteiger charge is -1.98. The molecule has 5 heteroatoms. The Hall–Kier alpha value is -0.420. The lowest BCUT2D eigenvalue weighted by Crippen LogP contribution is -2.26. The second-order valence-electron chi connectivity index (χ2n) is 1.73. The maximum atomic E-state index is 10.5. The Kier molecular flexibility index (Phi) is 5.15. The molecule has 1 atom stereocenters. The van der Waals surface area contributed by atoms with Crippen molar-refractivity contribution in [3.63, 3.8) is 0 Å². The Morgan fingerprint density at radius 1 is 1.70 bits per heavy atom. The number of carbonyl (C=O) groups excluding carboxylic acids is 1. The summed E-state index contributed by atoms with van der Waals surface area (Å²) in [4.78, 5) is 10.5. The van der Waals surface area contributed by atoms with Crippen molar-refractivity contribution in [1.29, 1.82) is 0 Å². The van der Waals surface area contributed by atoms with Crippen LogP contribution < -0.4 is 5.32 Å². The lowest BCUT2D eigenvalue weighted by molar-refractivity contribution is -0.120. The van der Waals surface area contributed by atoms with Crippen molar-refractivity contribution in [2.75, 3.05) is 12.3 Å². The third kappa shape index (κ3) is 5.71. The van der Waals surface area contributed by atoms with Crippen molar-refractivity contribution in [3.8, 4) is 0 Å². The van der Waals surface area contributed by atoms with Crippen LogP contribution in [-0.2, 0) is 15.9 Å². The molecular weight excluding hydrogens is 154 g/mol. The minimum absolute atomic E-state index is 0.0922. The summed E-state index contributed by atoms with van der Waals surface area (Å²) in [6, 6.07) is 0. The maximum absolute atomic E-state index is 10.5. The van der Waals surface area contributed by atoms with Crippen LogP contribution in [0, 0.1) is 0 Å². The highest BCUT2D eigenvalue weighted by molar-refractivity contribution is 7.79. The van der Waals surface area contributed by atoms with Crippen LogP contribution in [0.25, 0.3) is 0 Å². The molecule has 0 rings (SSSR count). The van der Waals surface area contributed by atoms with Crippen LogP contribution in [0.2, 0.25) is 0 Å². The van der Waals surface area contributed by atoms with Gasteiger partial charge in [-0.05, 0) is 0 Å². The molecule has 0 radical (unpaired) electrons. The Bertz CT molecular complexity index is 137. The first-order valence-electron chi connectivity index (χ1n) is 3.01. The number of hydrogen-bond donors (Lipinski definition) is 2. The molecule has 0 aliphatic carbocycles. The summed E-state index contributed by atoms with van der Waals surface area (Å²) in [6.45, 7) is 2.00. The highest BCUT2D eigenvalue weighted by atomic mass is 32.2. The predicted molar refractivity (Wildman–Crippen MR) is 38.9 cm³/mol. The van der Waals surface area contributed by atoms with E-state index in [2.05, 4.69) is 5.32 Å². The molecule has 0 saturated heterocycles. The molecule has 60 valence electrons. The molecule has 0 fully saturated rings. The van der Waals surface area contributed by atoms with Gasteiger partial charge in [-0.15, -0.1) is 0 Å². The summed E-state index contributed by atoms with van der Waals surface area (Å²) < 4.78 is 18.3. The SMILES string of the molecule is CCC(=O)NCCS(=O)O. The van der Waals surface area contributed by atoms with E-state index in [4.69, 9.17) is 4.55 Å². The average Bonchev–Trinajstić information content (AvgIpc) is 1.87. The number of rotatable bonds is 4. The van der Waals surface area contributed by atoms with Crippen molar-refractivity contribution in [1.82, 2.24) is 5.32 Å². The van der Waals surface area contributed by atoms with Gasteiger partial charge in [-0.1, -0.05) is 6.92 Å². The minimum atomic E-state index is -1.80. The van der Waals surface area contributed by atoms with Gasteiger partial charge in [0.25, 0.3) is 0 Å². The Morgan fingerprint density at radius 3 is 2.70 bits per heavy atom. The van der Waals surface area contributed by atoms with Gasteiger partial charge in [0, 0.05) is 13.0 Å². The van der Waals surface area contributed by atoms with Crippen LogP contribution in [0.1, 0.15) is 13.3 Å². The number of amides is 1. The first-order valence-corrected chi connectivity index (χ1v) is 4.28. The van der Waals surface area contributed by atoms with Crippen LogP contribution in [0.3, 0.4) is 0 Å². The Morgan fingerprint density at radius 2 is 2.30 bits per heavy atom. The molecule has 10 heavy (non-hydrogen) atoms. The van der Waals surface area contributed by atoms with Crippen molar-refractivity contribution in [3.05, 3.63) is 0 Å². The molecule has 0 aliphatic heterocycles. The number of nitrogens with one attached hydrogen (secondary N) is 1. The zero-order valence-electron chi connectivity index (χ0n) is 5.79. The van der Waals surface area contributed by atoms with Crippen molar-refractivity contribution in [2.45, 2.75) is 13.3 Å². The molecule has 0 bridgehead atoms. The van der Waals surface area contributed by atoms with E-state index in [1.807, 2.05) is 0 Å². The monoisotopic (exact) mass is 165 g/mol. The molecule has 0 aromatic rings. The van der Waals surface area contributed by atoms with E-state index in [0.717, 1.165) is 0 Å². The van der Waals surface area contributed by atoms with E-state index in [1.165, 1.54) is 0 Å². The fourth-order valence-corrected chi connectivity index (χ4v) is 0.679. The molecule has 1 amide bonds. The van der Waals surface area contributed by atoms with Crippen LogP contribution in [-0.4, -0.2) is 27.0 Å². The van der Waals surface area contributed by atoms with Crippen LogP contribution in [0.5, 0.6) is 0 Å². The first kappa shape index (κ1) is 9.58. The predicted octanol–water partition coefficient (Wildman–Crippen LogP) is -0.266. The van der Waals surface area contributed by atoms with Crippen molar-refractivity contribution >= 4 is 17.0 Å². The Labute approximate surface area is 62.3 Å². The zero-order valence-corrected chi connectivity index (χ0v) is 6.61. The van der Waals surface area contributed by atoms with Crippen molar-refractivity contribution < 1.29 is 13.6 Å². The van der Waals surface area contributed by atoms with Gasteiger partial charge >= 0.3 is 0 Å².